The van der Waals surface area contributed by atoms with Gasteiger partial charge in [0.05, 0.1) is 5.75 Å². The maximum atomic E-state index is 12.7. The van der Waals surface area contributed by atoms with Crippen molar-refractivity contribution in [1.29, 1.82) is 0 Å². The first-order chi connectivity index (χ1) is 11.3. The summed E-state index contributed by atoms with van der Waals surface area (Å²) in [5, 5.41) is 11.2. The summed E-state index contributed by atoms with van der Waals surface area (Å²) >= 11 is 6.83. The maximum absolute atomic E-state index is 12.7. The second kappa shape index (κ2) is 6.44. The number of hydrogen-bond donors (Lipinski definition) is 0. The highest BCUT2D eigenvalue weighted by Crippen LogP contribution is 2.30. The standard InChI is InChI=1S/C13H9ClF3N5OS/c1-22-11(13(15,16)17)19-20-12(22)24-6-9-18-10(21-23-9)7-2-4-8(14)5-3-7/h2-5H,6H2,1H3. The third-order valence-electron chi connectivity index (χ3n) is 2.98. The van der Waals surface area contributed by atoms with Crippen LogP contribution in [0.5, 0.6) is 0 Å². The predicted octanol–water partition coefficient (Wildman–Crippen LogP) is 3.83. The van der Waals surface area contributed by atoms with E-state index in [2.05, 4.69) is 20.3 Å². The van der Waals surface area contributed by atoms with E-state index in [0.717, 1.165) is 21.9 Å². The van der Waals surface area contributed by atoms with E-state index in [0.29, 0.717) is 10.8 Å². The summed E-state index contributed by atoms with van der Waals surface area (Å²) in [4.78, 5) is 4.19. The molecule has 0 aliphatic heterocycles. The lowest BCUT2D eigenvalue weighted by atomic mass is 10.2. The summed E-state index contributed by atoms with van der Waals surface area (Å²) in [7, 11) is 1.25. The van der Waals surface area contributed by atoms with E-state index in [1.807, 2.05) is 0 Å². The minimum Gasteiger partial charge on any atom is -0.338 e. The fourth-order valence-electron chi connectivity index (χ4n) is 1.84. The number of thioether (sulfide) groups is 1. The topological polar surface area (TPSA) is 69.6 Å². The molecule has 0 atom stereocenters. The molecule has 0 unspecified atom stereocenters. The lowest BCUT2D eigenvalue weighted by molar-refractivity contribution is -0.147. The van der Waals surface area contributed by atoms with Crippen LogP contribution < -0.4 is 0 Å². The third-order valence-corrected chi connectivity index (χ3v) is 4.24. The van der Waals surface area contributed by atoms with Crippen LogP contribution in [0.3, 0.4) is 0 Å². The molecule has 0 aliphatic rings. The Morgan fingerprint density at radius 1 is 1.21 bits per heavy atom. The average Bonchev–Trinajstić information content (AvgIpc) is 3.12. The van der Waals surface area contributed by atoms with Crippen molar-refractivity contribution in [2.75, 3.05) is 0 Å². The van der Waals surface area contributed by atoms with Gasteiger partial charge in [-0.1, -0.05) is 28.5 Å². The van der Waals surface area contributed by atoms with Crippen LogP contribution in [-0.2, 0) is 19.0 Å². The third kappa shape index (κ3) is 3.54. The molecule has 126 valence electrons. The Morgan fingerprint density at radius 2 is 1.92 bits per heavy atom. The van der Waals surface area contributed by atoms with E-state index in [-0.39, 0.29) is 16.8 Å². The molecule has 3 rings (SSSR count). The van der Waals surface area contributed by atoms with Gasteiger partial charge >= 0.3 is 6.18 Å². The van der Waals surface area contributed by atoms with E-state index in [9.17, 15) is 13.2 Å². The Balaban J connectivity index is 1.70. The van der Waals surface area contributed by atoms with Crippen LogP contribution in [0.25, 0.3) is 11.4 Å². The van der Waals surface area contributed by atoms with Crippen LogP contribution in [0, 0.1) is 0 Å². The molecule has 0 aliphatic carbocycles. The molecule has 2 aromatic heterocycles. The maximum Gasteiger partial charge on any atom is 0.451 e. The van der Waals surface area contributed by atoms with Crippen LogP contribution in [0.4, 0.5) is 13.2 Å². The van der Waals surface area contributed by atoms with Crippen molar-refractivity contribution in [3.05, 3.63) is 41.0 Å². The molecule has 1 aromatic carbocycles. The number of nitrogens with zero attached hydrogens (tertiary/aromatic N) is 5. The van der Waals surface area contributed by atoms with E-state index < -0.39 is 12.0 Å². The van der Waals surface area contributed by atoms with Crippen molar-refractivity contribution in [1.82, 2.24) is 24.9 Å². The van der Waals surface area contributed by atoms with Crippen LogP contribution >= 0.6 is 23.4 Å². The average molecular weight is 376 g/mol. The molecule has 11 heteroatoms. The lowest BCUT2D eigenvalue weighted by Gasteiger charge is -2.05. The Kier molecular flexibility index (Phi) is 4.50. The normalized spacial score (nSPS) is 11.9. The SMILES string of the molecule is Cn1c(SCc2nc(-c3ccc(Cl)cc3)no2)nnc1C(F)(F)F. The molecule has 0 N–H and O–H groups in total. The molecular formula is C13H9ClF3N5OS. The lowest BCUT2D eigenvalue weighted by Crippen LogP contribution is -2.12. The number of alkyl halides is 3. The largest absolute Gasteiger partial charge is 0.451 e. The van der Waals surface area contributed by atoms with Gasteiger partial charge in [0.2, 0.25) is 17.5 Å². The van der Waals surface area contributed by atoms with Gasteiger partial charge < -0.3 is 9.09 Å². The number of aromatic nitrogens is 5. The highest BCUT2D eigenvalue weighted by Gasteiger charge is 2.37. The summed E-state index contributed by atoms with van der Waals surface area (Å²) < 4.78 is 44.0. The van der Waals surface area contributed by atoms with Crippen molar-refractivity contribution in [2.45, 2.75) is 17.1 Å². The number of hydrogen-bond acceptors (Lipinski definition) is 6. The summed E-state index contributed by atoms with van der Waals surface area (Å²) in [6.07, 6.45) is -4.55. The summed E-state index contributed by atoms with van der Waals surface area (Å²) in [5.41, 5.74) is 0.720. The van der Waals surface area contributed by atoms with Gasteiger partial charge in [-0.25, -0.2) is 0 Å². The Morgan fingerprint density at radius 3 is 2.54 bits per heavy atom. The van der Waals surface area contributed by atoms with Crippen molar-refractivity contribution in [2.24, 2.45) is 7.05 Å². The molecule has 24 heavy (non-hydrogen) atoms. The summed E-state index contributed by atoms with van der Waals surface area (Å²) in [6.45, 7) is 0. The molecule has 0 fully saturated rings. The van der Waals surface area contributed by atoms with Gasteiger partial charge in [0.1, 0.15) is 0 Å². The van der Waals surface area contributed by atoms with Crippen LogP contribution in [0.15, 0.2) is 33.9 Å². The monoisotopic (exact) mass is 375 g/mol. The van der Waals surface area contributed by atoms with E-state index in [1.165, 1.54) is 7.05 Å². The van der Waals surface area contributed by atoms with Crippen molar-refractivity contribution < 1.29 is 17.7 Å². The van der Waals surface area contributed by atoms with Crippen molar-refractivity contribution >= 4 is 23.4 Å². The molecule has 0 radical (unpaired) electrons. The molecule has 0 saturated carbocycles. The number of benzene rings is 1. The van der Waals surface area contributed by atoms with E-state index in [4.69, 9.17) is 16.1 Å². The summed E-state index contributed by atoms with van der Waals surface area (Å²) in [6, 6.07) is 6.87. The molecule has 0 spiro atoms. The molecule has 2 heterocycles. The van der Waals surface area contributed by atoms with E-state index in [1.54, 1.807) is 24.3 Å². The van der Waals surface area contributed by atoms with Gasteiger partial charge in [-0.2, -0.15) is 18.2 Å². The fraction of sp³-hybridized carbons (Fsp3) is 0.231. The smallest absolute Gasteiger partial charge is 0.338 e. The highest BCUT2D eigenvalue weighted by atomic mass is 35.5. The minimum absolute atomic E-state index is 0.105. The van der Waals surface area contributed by atoms with Gasteiger partial charge in [-0.15, -0.1) is 10.2 Å². The molecule has 3 aromatic rings. The summed E-state index contributed by atoms with van der Waals surface area (Å²) in [5.74, 6) is -0.250. The van der Waals surface area contributed by atoms with E-state index >= 15 is 0 Å². The van der Waals surface area contributed by atoms with Crippen LogP contribution in [-0.4, -0.2) is 24.9 Å². The second-order valence-corrected chi connectivity index (χ2v) is 6.05. The zero-order valence-corrected chi connectivity index (χ0v) is 13.7. The number of halogens is 4. The Hall–Kier alpha value is -2.07. The van der Waals surface area contributed by atoms with Crippen molar-refractivity contribution in [3.63, 3.8) is 0 Å². The molecule has 0 bridgehead atoms. The molecular weight excluding hydrogens is 367 g/mol. The first-order valence-corrected chi connectivity index (χ1v) is 7.89. The minimum atomic E-state index is -4.55. The zero-order valence-electron chi connectivity index (χ0n) is 12.1. The fourth-order valence-corrected chi connectivity index (χ4v) is 2.72. The van der Waals surface area contributed by atoms with Crippen LogP contribution in [0.2, 0.25) is 5.02 Å². The molecule has 0 amide bonds. The van der Waals surface area contributed by atoms with Crippen molar-refractivity contribution in [3.8, 4) is 11.4 Å². The second-order valence-electron chi connectivity index (χ2n) is 4.67. The van der Waals surface area contributed by atoms with Gasteiger partial charge in [-0.05, 0) is 24.3 Å². The Labute approximate surface area is 143 Å². The van der Waals surface area contributed by atoms with Gasteiger partial charge in [0.15, 0.2) is 5.16 Å². The first-order valence-electron chi connectivity index (χ1n) is 6.52. The molecule has 6 nitrogen and oxygen atoms in total. The number of rotatable bonds is 4. The first kappa shape index (κ1) is 16.8. The van der Waals surface area contributed by atoms with Crippen LogP contribution in [0.1, 0.15) is 11.7 Å². The zero-order chi connectivity index (χ0) is 17.3. The predicted molar refractivity (Wildman–Crippen MR) is 80.3 cm³/mol. The quantitative estimate of drug-likeness (QED) is 0.645. The Bertz CT molecular complexity index is 846. The van der Waals surface area contributed by atoms with Gasteiger partial charge in [-0.3, -0.25) is 0 Å². The highest BCUT2D eigenvalue weighted by molar-refractivity contribution is 7.98. The van der Waals surface area contributed by atoms with Gasteiger partial charge in [0.25, 0.3) is 0 Å². The van der Waals surface area contributed by atoms with Gasteiger partial charge in [0, 0.05) is 17.6 Å². The molecule has 0 saturated heterocycles.